The minimum absolute atomic E-state index is 0.0595. The molecule has 0 spiro atoms. The number of rotatable bonds is 6. The van der Waals surface area contributed by atoms with E-state index >= 15 is 0 Å². The summed E-state index contributed by atoms with van der Waals surface area (Å²) < 4.78 is 5.75. The molecule has 6 heteroatoms. The van der Waals surface area contributed by atoms with Gasteiger partial charge in [0.2, 0.25) is 5.91 Å². The topological polar surface area (TPSA) is 70.2 Å². The zero-order valence-corrected chi connectivity index (χ0v) is 14.0. The second-order valence-corrected chi connectivity index (χ2v) is 6.10. The number of carbonyl (C=O) groups is 1. The lowest BCUT2D eigenvalue weighted by Gasteiger charge is -2.32. The maximum Gasteiger partial charge on any atom is 0.228 e. The van der Waals surface area contributed by atoms with Gasteiger partial charge in [-0.3, -0.25) is 14.8 Å². The number of aromatic nitrogens is 2. The zero-order valence-electron chi connectivity index (χ0n) is 14.0. The van der Waals surface area contributed by atoms with E-state index in [1.807, 2.05) is 19.1 Å². The first-order valence-electron chi connectivity index (χ1n) is 8.45. The molecular formula is C18H24N4O2. The monoisotopic (exact) mass is 328 g/mol. The van der Waals surface area contributed by atoms with Crippen molar-refractivity contribution in [1.29, 1.82) is 0 Å². The summed E-state index contributed by atoms with van der Waals surface area (Å²) in [6.07, 6.45) is 1.13. The number of aromatic amines is 1. The van der Waals surface area contributed by atoms with Gasteiger partial charge in [0.25, 0.3) is 0 Å². The maximum absolute atomic E-state index is 12.2. The highest BCUT2D eigenvalue weighted by Crippen LogP contribution is 2.14. The molecule has 2 heterocycles. The molecule has 1 atom stereocenters. The number of amides is 1. The van der Waals surface area contributed by atoms with E-state index in [-0.39, 0.29) is 12.0 Å². The van der Waals surface area contributed by atoms with E-state index in [1.165, 1.54) is 5.56 Å². The Morgan fingerprint density at radius 2 is 2.25 bits per heavy atom. The molecule has 1 aliphatic heterocycles. The highest BCUT2D eigenvalue weighted by molar-refractivity contribution is 5.90. The molecule has 0 radical (unpaired) electrons. The van der Waals surface area contributed by atoms with E-state index in [4.69, 9.17) is 4.74 Å². The second kappa shape index (κ2) is 8.08. The van der Waals surface area contributed by atoms with Crippen LogP contribution in [0.3, 0.4) is 0 Å². The molecule has 1 amide bonds. The molecule has 1 aliphatic rings. The lowest BCUT2D eigenvalue weighted by Crippen LogP contribution is -2.43. The summed E-state index contributed by atoms with van der Waals surface area (Å²) in [5, 5.41) is 9.81. The van der Waals surface area contributed by atoms with Gasteiger partial charge < -0.3 is 10.1 Å². The number of aryl methyl sites for hydroxylation is 1. The first kappa shape index (κ1) is 16.7. The predicted octanol–water partition coefficient (Wildman–Crippen LogP) is 2.20. The minimum Gasteiger partial charge on any atom is -0.375 e. The van der Waals surface area contributed by atoms with E-state index < -0.39 is 0 Å². The summed E-state index contributed by atoms with van der Waals surface area (Å²) in [6.45, 7) is 5.25. The van der Waals surface area contributed by atoms with Crippen LogP contribution in [0.5, 0.6) is 0 Å². The van der Waals surface area contributed by atoms with E-state index in [0.717, 1.165) is 31.7 Å². The molecule has 2 aromatic rings. The van der Waals surface area contributed by atoms with E-state index in [0.29, 0.717) is 18.8 Å². The van der Waals surface area contributed by atoms with Gasteiger partial charge in [-0.2, -0.15) is 5.10 Å². The van der Waals surface area contributed by atoms with Gasteiger partial charge in [-0.15, -0.1) is 0 Å². The van der Waals surface area contributed by atoms with Crippen molar-refractivity contribution in [3.8, 4) is 0 Å². The van der Waals surface area contributed by atoms with Gasteiger partial charge in [0.15, 0.2) is 5.82 Å². The predicted molar refractivity (Wildman–Crippen MR) is 92.7 cm³/mol. The fraction of sp³-hybridized carbons (Fsp3) is 0.444. The summed E-state index contributed by atoms with van der Waals surface area (Å²) in [4.78, 5) is 14.5. The van der Waals surface area contributed by atoms with Crippen molar-refractivity contribution in [2.24, 2.45) is 0 Å². The van der Waals surface area contributed by atoms with Crippen LogP contribution in [0.2, 0.25) is 0 Å². The largest absolute Gasteiger partial charge is 0.375 e. The van der Waals surface area contributed by atoms with E-state index in [9.17, 15) is 4.79 Å². The average molecular weight is 328 g/mol. The van der Waals surface area contributed by atoms with E-state index in [2.05, 4.69) is 44.7 Å². The fourth-order valence-electron chi connectivity index (χ4n) is 2.90. The minimum atomic E-state index is -0.0768. The van der Waals surface area contributed by atoms with E-state index in [1.54, 1.807) is 0 Å². The Balaban J connectivity index is 1.48. The van der Waals surface area contributed by atoms with Gasteiger partial charge in [-0.05, 0) is 12.0 Å². The Bertz CT molecular complexity index is 656. The number of morpholine rings is 1. The highest BCUT2D eigenvalue weighted by atomic mass is 16.5. The smallest absolute Gasteiger partial charge is 0.228 e. The van der Waals surface area contributed by atoms with Crippen molar-refractivity contribution in [2.75, 3.05) is 25.0 Å². The number of hydrogen-bond donors (Lipinski definition) is 2. The van der Waals surface area contributed by atoms with Crippen LogP contribution in [-0.2, 0) is 22.5 Å². The van der Waals surface area contributed by atoms with Crippen LogP contribution in [0.15, 0.2) is 36.4 Å². The first-order valence-corrected chi connectivity index (χ1v) is 8.45. The van der Waals surface area contributed by atoms with Crippen LogP contribution in [0.1, 0.15) is 24.6 Å². The van der Waals surface area contributed by atoms with Crippen molar-refractivity contribution in [3.05, 3.63) is 47.7 Å². The summed E-state index contributed by atoms with van der Waals surface area (Å²) >= 11 is 0. The maximum atomic E-state index is 12.2. The molecule has 1 saturated heterocycles. The summed E-state index contributed by atoms with van der Waals surface area (Å²) in [7, 11) is 0. The van der Waals surface area contributed by atoms with Crippen LogP contribution in [0.25, 0.3) is 0 Å². The highest BCUT2D eigenvalue weighted by Gasteiger charge is 2.23. The normalized spacial score (nSPS) is 18.5. The van der Waals surface area contributed by atoms with Crippen LogP contribution < -0.4 is 5.32 Å². The van der Waals surface area contributed by atoms with Crippen molar-refractivity contribution < 1.29 is 9.53 Å². The Labute approximate surface area is 142 Å². The van der Waals surface area contributed by atoms with Crippen molar-refractivity contribution >= 4 is 11.7 Å². The number of nitrogens with zero attached hydrogens (tertiary/aromatic N) is 2. The lowest BCUT2D eigenvalue weighted by molar-refractivity contribution is -0.121. The van der Waals surface area contributed by atoms with Gasteiger partial charge >= 0.3 is 0 Å². The van der Waals surface area contributed by atoms with Crippen LogP contribution in [0, 0.1) is 0 Å². The first-order chi connectivity index (χ1) is 11.7. The van der Waals surface area contributed by atoms with Crippen molar-refractivity contribution in [3.63, 3.8) is 0 Å². The SMILES string of the molecule is CCc1cc(NC(=O)CC2CN(Cc3ccccc3)CCO2)n[nH]1. The molecular weight excluding hydrogens is 304 g/mol. The number of ether oxygens (including phenoxy) is 1. The Hall–Kier alpha value is -2.18. The molecule has 1 unspecified atom stereocenters. The van der Waals surface area contributed by atoms with Gasteiger partial charge in [0.05, 0.1) is 19.1 Å². The quantitative estimate of drug-likeness (QED) is 0.853. The number of carbonyl (C=O) groups excluding carboxylic acids is 1. The summed E-state index contributed by atoms with van der Waals surface area (Å²) in [6, 6.07) is 12.2. The van der Waals surface area contributed by atoms with Crippen LogP contribution in [-0.4, -0.2) is 46.8 Å². The molecule has 24 heavy (non-hydrogen) atoms. The van der Waals surface area contributed by atoms with Crippen molar-refractivity contribution in [1.82, 2.24) is 15.1 Å². The molecule has 0 saturated carbocycles. The number of H-pyrrole nitrogens is 1. The molecule has 0 aliphatic carbocycles. The Kier molecular flexibility index (Phi) is 5.61. The average Bonchev–Trinajstić information content (AvgIpc) is 3.03. The number of nitrogens with one attached hydrogen (secondary N) is 2. The van der Waals surface area contributed by atoms with Crippen LogP contribution >= 0.6 is 0 Å². The fourth-order valence-corrected chi connectivity index (χ4v) is 2.90. The molecule has 6 nitrogen and oxygen atoms in total. The third-order valence-electron chi connectivity index (χ3n) is 4.16. The molecule has 1 aromatic carbocycles. The molecule has 2 N–H and O–H groups in total. The van der Waals surface area contributed by atoms with Gasteiger partial charge in [0, 0.05) is 31.4 Å². The second-order valence-electron chi connectivity index (χ2n) is 6.10. The molecule has 1 fully saturated rings. The molecule has 0 bridgehead atoms. The number of benzene rings is 1. The summed E-state index contributed by atoms with van der Waals surface area (Å²) in [5.41, 5.74) is 2.29. The van der Waals surface area contributed by atoms with Gasteiger partial charge in [0.1, 0.15) is 0 Å². The number of hydrogen-bond acceptors (Lipinski definition) is 4. The number of anilines is 1. The Morgan fingerprint density at radius 3 is 3.00 bits per heavy atom. The summed E-state index contributed by atoms with van der Waals surface area (Å²) in [5.74, 6) is 0.518. The van der Waals surface area contributed by atoms with Crippen molar-refractivity contribution in [2.45, 2.75) is 32.4 Å². The molecule has 3 rings (SSSR count). The third kappa shape index (κ3) is 4.66. The molecule has 1 aromatic heterocycles. The standard InChI is InChI=1S/C18H24N4O2/c1-2-15-10-17(21-20-15)19-18(23)11-16-13-22(8-9-24-16)12-14-6-4-3-5-7-14/h3-7,10,16H,2,8-9,11-13H2,1H3,(H2,19,20,21,23). The zero-order chi connectivity index (χ0) is 16.8. The van der Waals surface area contributed by atoms with Gasteiger partial charge in [-0.25, -0.2) is 0 Å². The Morgan fingerprint density at radius 1 is 1.42 bits per heavy atom. The molecule has 128 valence electrons. The van der Waals surface area contributed by atoms with Crippen LogP contribution in [0.4, 0.5) is 5.82 Å². The van der Waals surface area contributed by atoms with Gasteiger partial charge in [-0.1, -0.05) is 37.3 Å². The lowest BCUT2D eigenvalue weighted by atomic mass is 10.1. The third-order valence-corrected chi connectivity index (χ3v) is 4.16.